The summed E-state index contributed by atoms with van der Waals surface area (Å²) in [6.07, 6.45) is 1.89. The van der Waals surface area contributed by atoms with Gasteiger partial charge in [-0.1, -0.05) is 44.7 Å². The first-order valence-electron chi connectivity index (χ1n) is 4.38. The predicted molar refractivity (Wildman–Crippen MR) is 55.4 cm³/mol. The lowest BCUT2D eigenvalue weighted by Crippen LogP contribution is -1.91. The summed E-state index contributed by atoms with van der Waals surface area (Å²) in [5, 5.41) is 0. The van der Waals surface area contributed by atoms with Gasteiger partial charge in [0, 0.05) is 0 Å². The monoisotopic (exact) mass is 160 g/mol. The Bertz CT molecular complexity index is 282. The zero-order valence-corrected chi connectivity index (χ0v) is 8.09. The van der Waals surface area contributed by atoms with Crippen molar-refractivity contribution in [3.63, 3.8) is 0 Å². The molecule has 0 amide bonds. The largest absolute Gasteiger partial charge is 0.0985 e. The maximum Gasteiger partial charge on any atom is -0.0216 e. The first-order chi connectivity index (χ1) is 5.65. The van der Waals surface area contributed by atoms with Gasteiger partial charge < -0.3 is 0 Å². The lowest BCUT2D eigenvalue weighted by molar-refractivity contribution is 0.856. The molecule has 0 heteroatoms. The Kier molecular flexibility index (Phi) is 2.69. The van der Waals surface area contributed by atoms with Gasteiger partial charge in [0.05, 0.1) is 0 Å². The second-order valence-corrected chi connectivity index (χ2v) is 3.47. The van der Waals surface area contributed by atoms with Crippen molar-refractivity contribution in [3.05, 3.63) is 41.5 Å². The molecule has 1 rings (SSSR count). The highest BCUT2D eigenvalue weighted by molar-refractivity contribution is 5.50. The quantitative estimate of drug-likeness (QED) is 0.618. The van der Waals surface area contributed by atoms with E-state index >= 15 is 0 Å². The maximum absolute atomic E-state index is 3.76. The van der Waals surface area contributed by atoms with Crippen LogP contribution in [-0.4, -0.2) is 0 Å². The zero-order valence-electron chi connectivity index (χ0n) is 8.09. The summed E-state index contributed by atoms with van der Waals surface area (Å²) in [5.74, 6) is 0.602. The Morgan fingerprint density at radius 1 is 1.33 bits per heavy atom. The Labute approximate surface area is 74.9 Å². The molecule has 0 aliphatic rings. The minimum Gasteiger partial charge on any atom is -0.0985 e. The van der Waals surface area contributed by atoms with Gasteiger partial charge in [-0.05, 0) is 29.5 Å². The third-order valence-corrected chi connectivity index (χ3v) is 2.16. The molecule has 1 aromatic carbocycles. The fraction of sp³-hybridized carbons (Fsp3) is 0.333. The SMILES string of the molecule is C=Cc1ccc(C)c(C(C)C)c1. The van der Waals surface area contributed by atoms with E-state index in [1.165, 1.54) is 16.7 Å². The zero-order chi connectivity index (χ0) is 9.14. The van der Waals surface area contributed by atoms with E-state index < -0.39 is 0 Å². The molecule has 0 radical (unpaired) electrons. The fourth-order valence-electron chi connectivity index (χ4n) is 1.41. The van der Waals surface area contributed by atoms with Crippen LogP contribution >= 0.6 is 0 Å². The molecule has 0 saturated heterocycles. The standard InChI is InChI=1S/C12H16/c1-5-11-7-6-10(4)12(8-11)9(2)3/h5-9H,1H2,2-4H3. The van der Waals surface area contributed by atoms with Gasteiger partial charge in [-0.15, -0.1) is 0 Å². The molecule has 0 aliphatic carbocycles. The van der Waals surface area contributed by atoms with Crippen molar-refractivity contribution in [2.75, 3.05) is 0 Å². The number of benzene rings is 1. The van der Waals surface area contributed by atoms with Gasteiger partial charge in [0.1, 0.15) is 0 Å². The van der Waals surface area contributed by atoms with Gasteiger partial charge in [0.25, 0.3) is 0 Å². The molecule has 0 aliphatic heterocycles. The minimum absolute atomic E-state index is 0.602. The molecule has 0 bridgehead atoms. The van der Waals surface area contributed by atoms with Crippen LogP contribution in [0, 0.1) is 6.92 Å². The lowest BCUT2D eigenvalue weighted by Gasteiger charge is -2.09. The second kappa shape index (κ2) is 3.57. The van der Waals surface area contributed by atoms with Gasteiger partial charge >= 0.3 is 0 Å². The van der Waals surface area contributed by atoms with Crippen LogP contribution in [0.15, 0.2) is 24.8 Å². The molecule has 0 aromatic heterocycles. The summed E-state index contributed by atoms with van der Waals surface area (Å²) < 4.78 is 0. The topological polar surface area (TPSA) is 0 Å². The highest BCUT2D eigenvalue weighted by Crippen LogP contribution is 2.20. The van der Waals surface area contributed by atoms with Crippen molar-refractivity contribution in [2.24, 2.45) is 0 Å². The Morgan fingerprint density at radius 2 is 2.00 bits per heavy atom. The molecule has 0 heterocycles. The molecule has 0 fully saturated rings. The summed E-state index contributed by atoms with van der Waals surface area (Å²) in [6, 6.07) is 6.48. The molecule has 64 valence electrons. The summed E-state index contributed by atoms with van der Waals surface area (Å²) in [6.45, 7) is 10.4. The van der Waals surface area contributed by atoms with Crippen LogP contribution in [0.2, 0.25) is 0 Å². The van der Waals surface area contributed by atoms with Crippen LogP contribution in [0.25, 0.3) is 6.08 Å². The van der Waals surface area contributed by atoms with Gasteiger partial charge in [0.2, 0.25) is 0 Å². The van der Waals surface area contributed by atoms with E-state index in [4.69, 9.17) is 0 Å². The molecule has 12 heavy (non-hydrogen) atoms. The molecule has 0 saturated carbocycles. The number of hydrogen-bond donors (Lipinski definition) is 0. The van der Waals surface area contributed by atoms with E-state index in [9.17, 15) is 0 Å². The highest BCUT2D eigenvalue weighted by atomic mass is 14.1. The Morgan fingerprint density at radius 3 is 2.50 bits per heavy atom. The third-order valence-electron chi connectivity index (χ3n) is 2.16. The fourth-order valence-corrected chi connectivity index (χ4v) is 1.41. The highest BCUT2D eigenvalue weighted by Gasteiger charge is 2.02. The molecule has 0 unspecified atom stereocenters. The smallest absolute Gasteiger partial charge is 0.0216 e. The van der Waals surface area contributed by atoms with Crippen LogP contribution < -0.4 is 0 Å². The van der Waals surface area contributed by atoms with Crippen LogP contribution in [0.4, 0.5) is 0 Å². The molecule has 1 aromatic rings. The normalized spacial score (nSPS) is 10.3. The van der Waals surface area contributed by atoms with Gasteiger partial charge in [-0.2, -0.15) is 0 Å². The van der Waals surface area contributed by atoms with Gasteiger partial charge in [-0.25, -0.2) is 0 Å². The van der Waals surface area contributed by atoms with Crippen molar-refractivity contribution in [3.8, 4) is 0 Å². The number of hydrogen-bond acceptors (Lipinski definition) is 0. The van der Waals surface area contributed by atoms with Crippen LogP contribution in [0.3, 0.4) is 0 Å². The van der Waals surface area contributed by atoms with E-state index in [2.05, 4.69) is 45.5 Å². The Hall–Kier alpha value is -1.04. The molecule has 0 N–H and O–H groups in total. The third kappa shape index (κ3) is 1.76. The molecule has 0 nitrogen and oxygen atoms in total. The van der Waals surface area contributed by atoms with Crippen LogP contribution in [0.5, 0.6) is 0 Å². The van der Waals surface area contributed by atoms with Crippen LogP contribution in [-0.2, 0) is 0 Å². The predicted octanol–water partition coefficient (Wildman–Crippen LogP) is 3.76. The van der Waals surface area contributed by atoms with E-state index in [0.29, 0.717) is 5.92 Å². The second-order valence-electron chi connectivity index (χ2n) is 3.47. The number of rotatable bonds is 2. The summed E-state index contributed by atoms with van der Waals surface area (Å²) >= 11 is 0. The lowest BCUT2D eigenvalue weighted by atomic mass is 9.96. The van der Waals surface area contributed by atoms with Crippen molar-refractivity contribution in [2.45, 2.75) is 26.7 Å². The molecular formula is C12H16. The first-order valence-corrected chi connectivity index (χ1v) is 4.38. The summed E-state index contributed by atoms with van der Waals surface area (Å²) in [5.41, 5.74) is 4.01. The average molecular weight is 160 g/mol. The average Bonchev–Trinajstić information content (AvgIpc) is 2.05. The van der Waals surface area contributed by atoms with E-state index in [1.807, 2.05) is 6.08 Å². The van der Waals surface area contributed by atoms with E-state index in [0.717, 1.165) is 0 Å². The van der Waals surface area contributed by atoms with Gasteiger partial charge in [-0.3, -0.25) is 0 Å². The van der Waals surface area contributed by atoms with Gasteiger partial charge in [0.15, 0.2) is 0 Å². The molecular weight excluding hydrogens is 144 g/mol. The number of aryl methyl sites for hydroxylation is 1. The van der Waals surface area contributed by atoms with E-state index in [-0.39, 0.29) is 0 Å². The van der Waals surface area contributed by atoms with Crippen molar-refractivity contribution in [1.82, 2.24) is 0 Å². The van der Waals surface area contributed by atoms with Crippen molar-refractivity contribution in [1.29, 1.82) is 0 Å². The summed E-state index contributed by atoms with van der Waals surface area (Å²) in [7, 11) is 0. The first kappa shape index (κ1) is 9.05. The maximum atomic E-state index is 3.76. The molecule has 0 atom stereocenters. The van der Waals surface area contributed by atoms with Crippen molar-refractivity contribution < 1.29 is 0 Å². The minimum atomic E-state index is 0.602. The van der Waals surface area contributed by atoms with E-state index in [1.54, 1.807) is 0 Å². The van der Waals surface area contributed by atoms with Crippen LogP contribution in [0.1, 0.15) is 36.5 Å². The Balaban J connectivity index is 3.16. The summed E-state index contributed by atoms with van der Waals surface area (Å²) in [4.78, 5) is 0. The van der Waals surface area contributed by atoms with Crippen molar-refractivity contribution >= 4 is 6.08 Å². The molecule has 0 spiro atoms.